The lowest BCUT2D eigenvalue weighted by atomic mass is 9.85. The van der Waals surface area contributed by atoms with Gasteiger partial charge in [-0.05, 0) is 39.2 Å². The van der Waals surface area contributed by atoms with Crippen LogP contribution in [0.15, 0.2) is 0 Å². The zero-order valence-corrected chi connectivity index (χ0v) is 10.8. The van der Waals surface area contributed by atoms with Crippen molar-refractivity contribution >= 4 is 0 Å². The number of hydrogen-bond acceptors (Lipinski definition) is 2. The summed E-state index contributed by atoms with van der Waals surface area (Å²) < 4.78 is 6.05. The Morgan fingerprint density at radius 3 is 2.20 bits per heavy atom. The van der Waals surface area contributed by atoms with E-state index < -0.39 is 0 Å². The van der Waals surface area contributed by atoms with Gasteiger partial charge in [-0.15, -0.1) is 0 Å². The summed E-state index contributed by atoms with van der Waals surface area (Å²) in [6.07, 6.45) is 6.35. The van der Waals surface area contributed by atoms with Gasteiger partial charge in [0.1, 0.15) is 0 Å². The van der Waals surface area contributed by atoms with Crippen molar-refractivity contribution in [1.82, 2.24) is 5.32 Å². The Labute approximate surface area is 94.8 Å². The van der Waals surface area contributed by atoms with Gasteiger partial charge in [0.15, 0.2) is 0 Å². The van der Waals surface area contributed by atoms with Crippen LogP contribution in [-0.2, 0) is 4.74 Å². The second-order valence-electron chi connectivity index (χ2n) is 4.73. The highest BCUT2D eigenvalue weighted by atomic mass is 16.5. The zero-order valence-electron chi connectivity index (χ0n) is 10.8. The zero-order chi connectivity index (χ0) is 11.3. The van der Waals surface area contributed by atoms with Crippen molar-refractivity contribution in [3.05, 3.63) is 0 Å². The maximum Gasteiger partial charge on any atom is 0.0829 e. The van der Waals surface area contributed by atoms with Crippen molar-refractivity contribution in [2.75, 3.05) is 13.7 Å². The molecule has 1 atom stereocenters. The first-order valence-electron chi connectivity index (χ1n) is 6.53. The molecule has 0 bridgehead atoms. The second-order valence-corrected chi connectivity index (χ2v) is 4.73. The summed E-state index contributed by atoms with van der Waals surface area (Å²) in [7, 11) is 2.08. The molecule has 0 spiro atoms. The highest BCUT2D eigenvalue weighted by Crippen LogP contribution is 2.38. The second kappa shape index (κ2) is 5.86. The number of likely N-dealkylation sites (N-methyl/N-ethyl adjacent to an activating group) is 1. The molecule has 0 aliphatic heterocycles. The molecule has 0 saturated heterocycles. The molecule has 0 amide bonds. The lowest BCUT2D eigenvalue weighted by molar-refractivity contribution is -0.0733. The lowest BCUT2D eigenvalue weighted by Crippen LogP contribution is -2.51. The minimum atomic E-state index is 0.0616. The van der Waals surface area contributed by atoms with Gasteiger partial charge in [0.2, 0.25) is 0 Å². The fourth-order valence-corrected chi connectivity index (χ4v) is 2.62. The van der Waals surface area contributed by atoms with E-state index in [2.05, 4.69) is 33.1 Å². The van der Waals surface area contributed by atoms with Crippen LogP contribution in [0, 0.1) is 5.92 Å². The molecule has 0 aromatic rings. The number of rotatable bonds is 8. The summed E-state index contributed by atoms with van der Waals surface area (Å²) >= 11 is 0. The number of nitrogens with one attached hydrogen (secondary N) is 1. The van der Waals surface area contributed by atoms with Gasteiger partial charge in [-0.3, -0.25) is 0 Å². The summed E-state index contributed by atoms with van der Waals surface area (Å²) in [6.45, 7) is 7.42. The molecule has 1 aliphatic carbocycles. The van der Waals surface area contributed by atoms with Gasteiger partial charge in [-0.1, -0.05) is 26.7 Å². The maximum absolute atomic E-state index is 6.05. The SMILES string of the molecule is CCOC(CC)(CC)C(CC1CC1)NC. The van der Waals surface area contributed by atoms with Crippen LogP contribution in [-0.4, -0.2) is 25.3 Å². The van der Waals surface area contributed by atoms with E-state index in [0.717, 1.165) is 25.4 Å². The highest BCUT2D eigenvalue weighted by molar-refractivity contribution is 4.94. The third-order valence-corrected chi connectivity index (χ3v) is 3.88. The quantitative estimate of drug-likeness (QED) is 0.669. The molecule has 0 aromatic carbocycles. The van der Waals surface area contributed by atoms with Gasteiger partial charge in [-0.2, -0.15) is 0 Å². The smallest absolute Gasteiger partial charge is 0.0829 e. The van der Waals surface area contributed by atoms with E-state index in [1.807, 2.05) is 0 Å². The van der Waals surface area contributed by atoms with E-state index in [1.54, 1.807) is 0 Å². The predicted molar refractivity (Wildman–Crippen MR) is 65.1 cm³/mol. The number of hydrogen-bond donors (Lipinski definition) is 1. The predicted octanol–water partition coefficient (Wildman–Crippen LogP) is 2.97. The van der Waals surface area contributed by atoms with E-state index in [-0.39, 0.29) is 5.60 Å². The van der Waals surface area contributed by atoms with Gasteiger partial charge < -0.3 is 10.1 Å². The summed E-state index contributed by atoms with van der Waals surface area (Å²) in [4.78, 5) is 0. The summed E-state index contributed by atoms with van der Waals surface area (Å²) in [5.74, 6) is 0.959. The standard InChI is InChI=1S/C13H27NO/c1-5-13(6-2,15-7-3)12(14-4)10-11-8-9-11/h11-12,14H,5-10H2,1-4H3. The van der Waals surface area contributed by atoms with Gasteiger partial charge >= 0.3 is 0 Å². The van der Waals surface area contributed by atoms with Crippen molar-refractivity contribution in [2.45, 2.75) is 64.5 Å². The molecule has 0 aromatic heterocycles. The van der Waals surface area contributed by atoms with Gasteiger partial charge in [-0.25, -0.2) is 0 Å². The molecule has 1 rings (SSSR count). The van der Waals surface area contributed by atoms with Crippen LogP contribution >= 0.6 is 0 Å². The molecule has 1 N–H and O–H groups in total. The molecule has 1 unspecified atom stereocenters. The monoisotopic (exact) mass is 213 g/mol. The Kier molecular flexibility index (Phi) is 5.07. The summed E-state index contributed by atoms with van der Waals surface area (Å²) in [6, 6.07) is 0.528. The highest BCUT2D eigenvalue weighted by Gasteiger charge is 2.38. The molecule has 1 saturated carbocycles. The Hall–Kier alpha value is -0.0800. The van der Waals surface area contributed by atoms with Crippen molar-refractivity contribution in [2.24, 2.45) is 5.92 Å². The van der Waals surface area contributed by atoms with Crippen LogP contribution in [0.1, 0.15) is 52.9 Å². The topological polar surface area (TPSA) is 21.3 Å². The Morgan fingerprint density at radius 1 is 1.27 bits per heavy atom. The van der Waals surface area contributed by atoms with E-state index in [1.165, 1.54) is 19.3 Å². The Bertz CT molecular complexity index is 173. The van der Waals surface area contributed by atoms with Crippen LogP contribution in [0.4, 0.5) is 0 Å². The van der Waals surface area contributed by atoms with Crippen LogP contribution in [0.2, 0.25) is 0 Å². The van der Waals surface area contributed by atoms with E-state index in [4.69, 9.17) is 4.74 Å². The largest absolute Gasteiger partial charge is 0.374 e. The third-order valence-electron chi connectivity index (χ3n) is 3.88. The Balaban J connectivity index is 2.62. The fraction of sp³-hybridized carbons (Fsp3) is 1.00. The Morgan fingerprint density at radius 2 is 1.87 bits per heavy atom. The van der Waals surface area contributed by atoms with Crippen LogP contribution in [0.25, 0.3) is 0 Å². The molecule has 0 heterocycles. The molecule has 2 nitrogen and oxygen atoms in total. The van der Waals surface area contributed by atoms with Crippen molar-refractivity contribution in [1.29, 1.82) is 0 Å². The molecular formula is C13H27NO. The van der Waals surface area contributed by atoms with Crippen molar-refractivity contribution < 1.29 is 4.74 Å². The van der Waals surface area contributed by atoms with Gasteiger partial charge in [0.05, 0.1) is 5.60 Å². The van der Waals surface area contributed by atoms with Crippen LogP contribution < -0.4 is 5.32 Å². The van der Waals surface area contributed by atoms with Gasteiger partial charge in [0.25, 0.3) is 0 Å². The first kappa shape index (κ1) is 13.0. The summed E-state index contributed by atoms with van der Waals surface area (Å²) in [5.41, 5.74) is 0.0616. The molecular weight excluding hydrogens is 186 g/mol. The van der Waals surface area contributed by atoms with Crippen LogP contribution in [0.5, 0.6) is 0 Å². The molecule has 90 valence electrons. The number of ether oxygens (including phenoxy) is 1. The average Bonchev–Trinajstić information content (AvgIpc) is 3.07. The minimum absolute atomic E-state index is 0.0616. The lowest BCUT2D eigenvalue weighted by Gasteiger charge is -2.39. The molecule has 15 heavy (non-hydrogen) atoms. The van der Waals surface area contributed by atoms with Gasteiger partial charge in [0, 0.05) is 12.6 Å². The first-order valence-corrected chi connectivity index (χ1v) is 6.53. The normalized spacial score (nSPS) is 19.2. The van der Waals surface area contributed by atoms with E-state index in [9.17, 15) is 0 Å². The molecule has 1 aliphatic rings. The van der Waals surface area contributed by atoms with Crippen molar-refractivity contribution in [3.8, 4) is 0 Å². The third kappa shape index (κ3) is 3.18. The average molecular weight is 213 g/mol. The van der Waals surface area contributed by atoms with Crippen molar-refractivity contribution in [3.63, 3.8) is 0 Å². The first-order chi connectivity index (χ1) is 7.22. The maximum atomic E-state index is 6.05. The van der Waals surface area contributed by atoms with Crippen LogP contribution in [0.3, 0.4) is 0 Å². The van der Waals surface area contributed by atoms with E-state index in [0.29, 0.717) is 6.04 Å². The molecule has 0 radical (unpaired) electrons. The summed E-state index contributed by atoms with van der Waals surface area (Å²) in [5, 5.41) is 3.48. The van der Waals surface area contributed by atoms with E-state index >= 15 is 0 Å². The molecule has 2 heteroatoms. The fourth-order valence-electron chi connectivity index (χ4n) is 2.62. The minimum Gasteiger partial charge on any atom is -0.374 e. The molecule has 1 fully saturated rings.